The van der Waals surface area contributed by atoms with Gasteiger partial charge in [-0.1, -0.05) is 97.9 Å². The average Bonchev–Trinajstić information content (AvgIpc) is 0.856. The van der Waals surface area contributed by atoms with Crippen molar-refractivity contribution in [1.29, 1.82) is 0 Å². The van der Waals surface area contributed by atoms with Crippen LogP contribution in [0, 0.1) is 0 Å². The number of rotatable bonds is 14. The number of imide groups is 2. The third-order valence-corrected chi connectivity index (χ3v) is 15.6. The SMILES string of the molecule is CC(C)c1cccc(C(C)C)c1N1C=C(Oc2cc3c4c(cc(Oc5cccnc5)c5c6c(Oc7cccnc7)cc7c8c(cc(Oc9cccnc9)c(c2c45)c86)C(=O)NC7=O)C(=O)N(c2c(C(C)C)cccc2C(C)C)C3=O)C=CC1. The summed E-state index contributed by atoms with van der Waals surface area (Å²) >= 11 is 0. The largest absolute Gasteiger partial charge is 0.455 e. The number of carbonyl (C=O) groups excluding carboxylic acids is 4. The van der Waals surface area contributed by atoms with E-state index in [1.165, 1.54) is 16.0 Å². The highest BCUT2D eigenvalue weighted by molar-refractivity contribution is 6.46. The van der Waals surface area contributed by atoms with Crippen molar-refractivity contribution in [3.8, 4) is 40.2 Å². The van der Waals surface area contributed by atoms with Crippen molar-refractivity contribution in [3.05, 3.63) is 203 Å². The van der Waals surface area contributed by atoms with Crippen LogP contribution in [0.15, 0.2) is 158 Å². The van der Waals surface area contributed by atoms with Crippen molar-refractivity contribution in [2.45, 2.75) is 79.1 Å². The number of amides is 4. The fourth-order valence-electron chi connectivity index (χ4n) is 12.0. The third kappa shape index (κ3) is 8.35. The smallest absolute Gasteiger partial charge is 0.266 e. The second kappa shape index (κ2) is 20.0. The van der Waals surface area contributed by atoms with E-state index >= 15 is 9.59 Å². The van der Waals surface area contributed by atoms with Gasteiger partial charge in [0.1, 0.15) is 46.0 Å². The number of pyridine rings is 3. The minimum Gasteiger partial charge on any atom is -0.455 e. The highest BCUT2D eigenvalue weighted by Crippen LogP contribution is 2.58. The standard InChI is InChI=1S/C68H56N6O8/c1-35(2)43-19-9-20-44(36(3)4)63(43)73-26-14-18-42(34-73)82-54-30-50-56-49(67(77)74(68(50)78)64-45(37(5)6)21-10-22-46(64)38(7)8)29-53(81-41-17-13-25-71-33-41)59-57-51(79-39-15-11-23-69-31-39)27-47-55-48(66(76)72-65(47)75)28-52(80-40-16-12-24-70-32-40)58(61(55)57)60(54)62(56)59/h9-25,27-38H,26H2,1-8H3,(H,72,75,76). The van der Waals surface area contributed by atoms with Gasteiger partial charge in [0.25, 0.3) is 23.6 Å². The van der Waals surface area contributed by atoms with E-state index in [0.717, 1.165) is 16.8 Å². The topological polar surface area (TPSA) is 162 Å². The first-order valence-corrected chi connectivity index (χ1v) is 27.6. The number of nitrogens with one attached hydrogen (secondary N) is 1. The Bertz CT molecular complexity index is 4310. The van der Waals surface area contributed by atoms with Crippen molar-refractivity contribution < 1.29 is 38.1 Å². The fraction of sp³-hybridized carbons (Fsp3) is 0.191. The van der Waals surface area contributed by atoms with Crippen LogP contribution in [0.4, 0.5) is 11.4 Å². The van der Waals surface area contributed by atoms with Crippen molar-refractivity contribution in [1.82, 2.24) is 20.3 Å². The molecular formula is C68H56N6O8. The van der Waals surface area contributed by atoms with Gasteiger partial charge in [0.2, 0.25) is 0 Å². The lowest BCUT2D eigenvalue weighted by molar-refractivity contribution is 0.0839. The van der Waals surface area contributed by atoms with Crippen LogP contribution in [0.5, 0.6) is 40.2 Å². The van der Waals surface area contributed by atoms with E-state index in [1.807, 2.05) is 64.2 Å². The summed E-state index contributed by atoms with van der Waals surface area (Å²) in [5.74, 6) is 0.00230. The first-order chi connectivity index (χ1) is 39.7. The predicted molar refractivity (Wildman–Crippen MR) is 318 cm³/mol. The molecule has 0 atom stereocenters. The van der Waals surface area contributed by atoms with Gasteiger partial charge < -0.3 is 23.8 Å². The quantitative estimate of drug-likeness (QED) is 0.0624. The van der Waals surface area contributed by atoms with E-state index < -0.39 is 23.6 Å². The number of fused-ring (bicyclic) bond motifs is 2. The zero-order chi connectivity index (χ0) is 56.8. The van der Waals surface area contributed by atoms with Gasteiger partial charge in [0.05, 0.1) is 46.5 Å². The molecule has 0 spiro atoms. The number of allylic oxidation sites excluding steroid dienone is 1. The molecule has 4 amide bonds. The Hall–Kier alpha value is -9.95. The van der Waals surface area contributed by atoms with E-state index in [2.05, 4.69) is 71.1 Å². The average molecular weight is 1090 g/mol. The Morgan fingerprint density at radius 2 is 0.817 bits per heavy atom. The molecule has 14 nitrogen and oxygen atoms in total. The molecule has 3 aliphatic heterocycles. The number of anilines is 2. The van der Waals surface area contributed by atoms with Crippen LogP contribution in [0.2, 0.25) is 0 Å². The normalized spacial score (nSPS) is 14.2. The van der Waals surface area contributed by atoms with Crippen LogP contribution < -0.4 is 34.1 Å². The minimum absolute atomic E-state index is 0.0801. The Kier molecular flexibility index (Phi) is 12.6. The molecule has 82 heavy (non-hydrogen) atoms. The molecule has 7 aromatic carbocycles. The molecule has 0 unspecified atom stereocenters. The van der Waals surface area contributed by atoms with Crippen molar-refractivity contribution in [2.75, 3.05) is 16.3 Å². The monoisotopic (exact) mass is 1080 g/mol. The van der Waals surface area contributed by atoms with E-state index in [-0.39, 0.29) is 68.9 Å². The molecule has 0 radical (unpaired) electrons. The van der Waals surface area contributed by atoms with Gasteiger partial charge in [0, 0.05) is 80.1 Å². The third-order valence-electron chi connectivity index (χ3n) is 15.6. The van der Waals surface area contributed by atoms with Crippen molar-refractivity contribution in [3.63, 3.8) is 0 Å². The van der Waals surface area contributed by atoms with Gasteiger partial charge in [-0.3, -0.25) is 39.4 Å². The summed E-state index contributed by atoms with van der Waals surface area (Å²) in [7, 11) is 0. The summed E-state index contributed by atoms with van der Waals surface area (Å²) in [5, 5.41) is 5.50. The van der Waals surface area contributed by atoms with E-state index in [4.69, 9.17) is 18.9 Å². The van der Waals surface area contributed by atoms with Gasteiger partial charge in [-0.2, -0.15) is 0 Å². The number of benzene rings is 7. The molecular weight excluding hydrogens is 1030 g/mol. The molecule has 0 aliphatic carbocycles. The van der Waals surface area contributed by atoms with Crippen LogP contribution in [0.1, 0.15) is 143 Å². The van der Waals surface area contributed by atoms with E-state index in [0.29, 0.717) is 78.3 Å². The van der Waals surface area contributed by atoms with Gasteiger partial charge in [-0.15, -0.1) is 0 Å². The maximum atomic E-state index is 16.2. The number of ether oxygens (including phenoxy) is 4. The van der Waals surface area contributed by atoms with Crippen LogP contribution in [-0.2, 0) is 0 Å². The Morgan fingerprint density at radius 1 is 0.439 bits per heavy atom. The molecule has 406 valence electrons. The molecule has 0 saturated heterocycles. The lowest BCUT2D eigenvalue weighted by Crippen LogP contribution is -2.42. The van der Waals surface area contributed by atoms with Crippen molar-refractivity contribution in [2.24, 2.45) is 0 Å². The molecule has 0 bridgehead atoms. The number of nitrogens with zero attached hydrogens (tertiary/aromatic N) is 5. The lowest BCUT2D eigenvalue weighted by Gasteiger charge is -2.34. The number of hydrogen-bond acceptors (Lipinski definition) is 12. The molecule has 0 saturated carbocycles. The van der Waals surface area contributed by atoms with E-state index in [1.54, 1.807) is 97.8 Å². The predicted octanol–water partition coefficient (Wildman–Crippen LogP) is 15.8. The Balaban J connectivity index is 1.23. The van der Waals surface area contributed by atoms with Gasteiger partial charge in [-0.05, 0) is 113 Å². The molecule has 10 aromatic rings. The Morgan fingerprint density at radius 3 is 1.21 bits per heavy atom. The zero-order valence-corrected chi connectivity index (χ0v) is 46.5. The molecule has 13 rings (SSSR count). The highest BCUT2D eigenvalue weighted by atomic mass is 16.5. The van der Waals surface area contributed by atoms with Crippen LogP contribution in [-0.4, -0.2) is 45.1 Å². The first-order valence-electron chi connectivity index (χ1n) is 27.6. The maximum absolute atomic E-state index is 16.2. The summed E-state index contributed by atoms with van der Waals surface area (Å²) in [6.07, 6.45) is 15.5. The number of hydrogen-bond donors (Lipinski definition) is 1. The molecule has 6 heterocycles. The second-order valence-electron chi connectivity index (χ2n) is 22.2. The van der Waals surface area contributed by atoms with Gasteiger partial charge in [-0.25, -0.2) is 4.90 Å². The van der Waals surface area contributed by atoms with Crippen LogP contribution in [0.25, 0.3) is 43.1 Å². The molecule has 3 aliphatic rings. The second-order valence-corrected chi connectivity index (χ2v) is 22.2. The molecule has 3 aromatic heterocycles. The summed E-state index contributed by atoms with van der Waals surface area (Å²) < 4.78 is 28.3. The zero-order valence-electron chi connectivity index (χ0n) is 46.5. The summed E-state index contributed by atoms with van der Waals surface area (Å²) in [4.78, 5) is 77.9. The molecule has 0 fully saturated rings. The first kappa shape index (κ1) is 51.5. The summed E-state index contributed by atoms with van der Waals surface area (Å²) in [6.45, 7) is 17.5. The van der Waals surface area contributed by atoms with E-state index in [9.17, 15) is 9.59 Å². The highest BCUT2D eigenvalue weighted by Gasteiger charge is 2.42. The number of para-hydroxylation sites is 2. The van der Waals surface area contributed by atoms with Gasteiger partial charge in [0.15, 0.2) is 0 Å². The lowest BCUT2D eigenvalue weighted by atomic mass is 9.80. The summed E-state index contributed by atoms with van der Waals surface area (Å²) in [5.41, 5.74) is 6.26. The fourth-order valence-corrected chi connectivity index (χ4v) is 12.0. The number of carbonyl (C=O) groups is 4. The van der Waals surface area contributed by atoms with Crippen LogP contribution in [0.3, 0.4) is 0 Å². The minimum atomic E-state index is -0.648. The molecule has 1 N–H and O–H groups in total. The maximum Gasteiger partial charge on any atom is 0.266 e. The molecule has 14 heteroatoms. The van der Waals surface area contributed by atoms with Crippen molar-refractivity contribution >= 4 is 78.1 Å². The van der Waals surface area contributed by atoms with Crippen LogP contribution >= 0.6 is 0 Å². The Labute approximate surface area is 473 Å². The van der Waals surface area contributed by atoms with Gasteiger partial charge >= 0.3 is 0 Å². The summed E-state index contributed by atoms with van der Waals surface area (Å²) in [6, 6.07) is 29.4. The number of aromatic nitrogens is 3.